The number of carbonyl (C=O) groups excluding carboxylic acids is 1. The number of carbonyl (C=O) groups is 2. The van der Waals surface area contributed by atoms with Gasteiger partial charge in [0.15, 0.2) is 0 Å². The van der Waals surface area contributed by atoms with Crippen molar-refractivity contribution < 1.29 is 14.7 Å². The smallest absolute Gasteiger partial charge is 0.308 e. The number of rotatable bonds is 3. The number of likely N-dealkylation sites (tertiary alicyclic amines) is 2. The van der Waals surface area contributed by atoms with Gasteiger partial charge in [-0.05, 0) is 38.8 Å². The number of aliphatic carboxylic acids is 1. The summed E-state index contributed by atoms with van der Waals surface area (Å²) < 4.78 is 0. The van der Waals surface area contributed by atoms with Gasteiger partial charge in [-0.2, -0.15) is 0 Å². The van der Waals surface area contributed by atoms with Crippen molar-refractivity contribution in [3.05, 3.63) is 0 Å². The summed E-state index contributed by atoms with van der Waals surface area (Å²) in [6.07, 6.45) is 5.11. The molecule has 0 radical (unpaired) electrons. The van der Waals surface area contributed by atoms with Gasteiger partial charge in [0.25, 0.3) is 0 Å². The van der Waals surface area contributed by atoms with E-state index in [0.717, 1.165) is 26.1 Å². The second kappa shape index (κ2) is 6.18. The van der Waals surface area contributed by atoms with Gasteiger partial charge in [0.05, 0.1) is 12.5 Å². The summed E-state index contributed by atoms with van der Waals surface area (Å²) in [7, 11) is 0. The molecule has 1 atom stereocenters. The first-order valence-corrected chi connectivity index (χ1v) is 6.90. The first kappa shape index (κ1) is 13.3. The molecule has 2 saturated heterocycles. The molecular weight excluding hydrogens is 232 g/mol. The van der Waals surface area contributed by atoms with Crippen LogP contribution in [0.25, 0.3) is 0 Å². The van der Waals surface area contributed by atoms with Crippen LogP contribution in [0.4, 0.5) is 0 Å². The highest BCUT2D eigenvalue weighted by atomic mass is 16.4. The lowest BCUT2D eigenvalue weighted by molar-refractivity contribution is -0.146. The summed E-state index contributed by atoms with van der Waals surface area (Å²) in [5, 5.41) is 9.01. The molecule has 1 amide bonds. The molecule has 0 aromatic carbocycles. The minimum atomic E-state index is -0.773. The molecule has 2 heterocycles. The van der Waals surface area contributed by atoms with Crippen LogP contribution in [0.1, 0.15) is 32.1 Å². The number of carboxylic acid groups (broad SMARTS) is 1. The Labute approximate surface area is 108 Å². The minimum absolute atomic E-state index is 0.0999. The maximum absolute atomic E-state index is 12.1. The molecule has 18 heavy (non-hydrogen) atoms. The number of nitrogens with zero attached hydrogens (tertiary/aromatic N) is 2. The molecule has 1 unspecified atom stereocenters. The van der Waals surface area contributed by atoms with Crippen molar-refractivity contribution >= 4 is 11.9 Å². The van der Waals surface area contributed by atoms with E-state index in [9.17, 15) is 9.59 Å². The summed E-state index contributed by atoms with van der Waals surface area (Å²) in [5.74, 6) is -1.04. The molecule has 0 saturated carbocycles. The Morgan fingerprint density at radius 2 is 1.78 bits per heavy atom. The van der Waals surface area contributed by atoms with Crippen LogP contribution in [0, 0.1) is 5.92 Å². The highest BCUT2D eigenvalue weighted by Gasteiger charge is 2.28. The van der Waals surface area contributed by atoms with Gasteiger partial charge in [-0.25, -0.2) is 0 Å². The molecule has 5 heteroatoms. The van der Waals surface area contributed by atoms with Gasteiger partial charge in [0, 0.05) is 13.1 Å². The maximum atomic E-state index is 12.1. The van der Waals surface area contributed by atoms with E-state index < -0.39 is 5.97 Å². The summed E-state index contributed by atoms with van der Waals surface area (Å²) in [6.45, 7) is 3.58. The molecule has 102 valence electrons. The lowest BCUT2D eigenvalue weighted by atomic mass is 9.98. The third-order valence-electron chi connectivity index (χ3n) is 3.93. The Morgan fingerprint density at radius 1 is 1.06 bits per heavy atom. The van der Waals surface area contributed by atoms with Crippen molar-refractivity contribution in [1.29, 1.82) is 0 Å². The predicted octanol–water partition coefficient (Wildman–Crippen LogP) is 0.795. The van der Waals surface area contributed by atoms with Crippen molar-refractivity contribution in [1.82, 2.24) is 9.80 Å². The van der Waals surface area contributed by atoms with Crippen LogP contribution in [0.15, 0.2) is 0 Å². The zero-order chi connectivity index (χ0) is 13.0. The summed E-state index contributed by atoms with van der Waals surface area (Å²) in [5.41, 5.74) is 0. The molecule has 0 bridgehead atoms. The van der Waals surface area contributed by atoms with Crippen molar-refractivity contribution in [3.8, 4) is 0 Å². The topological polar surface area (TPSA) is 60.9 Å². The Balaban J connectivity index is 1.82. The summed E-state index contributed by atoms with van der Waals surface area (Å²) in [6, 6.07) is 0. The van der Waals surface area contributed by atoms with Crippen molar-refractivity contribution in [2.75, 3.05) is 32.7 Å². The van der Waals surface area contributed by atoms with Gasteiger partial charge >= 0.3 is 5.97 Å². The van der Waals surface area contributed by atoms with E-state index in [-0.39, 0.29) is 11.8 Å². The maximum Gasteiger partial charge on any atom is 0.308 e. The van der Waals surface area contributed by atoms with Crippen LogP contribution in [-0.4, -0.2) is 59.5 Å². The third kappa shape index (κ3) is 3.45. The zero-order valence-electron chi connectivity index (χ0n) is 10.8. The largest absolute Gasteiger partial charge is 0.481 e. The fourth-order valence-corrected chi connectivity index (χ4v) is 2.81. The van der Waals surface area contributed by atoms with Gasteiger partial charge < -0.3 is 10.0 Å². The molecule has 2 fully saturated rings. The Hall–Kier alpha value is -1.10. The normalized spacial score (nSPS) is 26.0. The molecule has 2 aliphatic heterocycles. The molecule has 0 spiro atoms. The minimum Gasteiger partial charge on any atom is -0.481 e. The molecule has 5 nitrogen and oxygen atoms in total. The number of hydrogen-bond donors (Lipinski definition) is 1. The van der Waals surface area contributed by atoms with Crippen LogP contribution in [0.2, 0.25) is 0 Å². The van der Waals surface area contributed by atoms with E-state index >= 15 is 0 Å². The number of amides is 1. The van der Waals surface area contributed by atoms with E-state index in [1.165, 1.54) is 19.3 Å². The molecule has 1 N–H and O–H groups in total. The van der Waals surface area contributed by atoms with Gasteiger partial charge in [0.2, 0.25) is 5.91 Å². The Morgan fingerprint density at radius 3 is 2.44 bits per heavy atom. The second-order valence-corrected chi connectivity index (χ2v) is 5.35. The number of piperidine rings is 2. The van der Waals surface area contributed by atoms with Crippen LogP contribution < -0.4 is 0 Å². The molecular formula is C13H22N2O3. The van der Waals surface area contributed by atoms with Crippen molar-refractivity contribution in [3.63, 3.8) is 0 Å². The van der Waals surface area contributed by atoms with Gasteiger partial charge in [-0.3, -0.25) is 14.5 Å². The fourth-order valence-electron chi connectivity index (χ4n) is 2.81. The lowest BCUT2D eigenvalue weighted by Gasteiger charge is -2.33. The lowest BCUT2D eigenvalue weighted by Crippen LogP contribution is -2.47. The van der Waals surface area contributed by atoms with Crippen LogP contribution in [-0.2, 0) is 9.59 Å². The summed E-state index contributed by atoms with van der Waals surface area (Å²) in [4.78, 5) is 27.0. The van der Waals surface area contributed by atoms with Gasteiger partial charge in [-0.15, -0.1) is 0 Å². The highest BCUT2D eigenvalue weighted by Crippen LogP contribution is 2.17. The number of carboxylic acids is 1. The molecule has 0 aromatic rings. The predicted molar refractivity (Wildman–Crippen MR) is 67.2 cm³/mol. The van der Waals surface area contributed by atoms with Gasteiger partial charge in [0.1, 0.15) is 0 Å². The van der Waals surface area contributed by atoms with Crippen LogP contribution in [0.3, 0.4) is 0 Å². The second-order valence-electron chi connectivity index (χ2n) is 5.35. The van der Waals surface area contributed by atoms with Crippen LogP contribution >= 0.6 is 0 Å². The first-order chi connectivity index (χ1) is 8.66. The quantitative estimate of drug-likeness (QED) is 0.809. The molecule has 0 aromatic heterocycles. The zero-order valence-corrected chi connectivity index (χ0v) is 10.8. The monoisotopic (exact) mass is 254 g/mol. The van der Waals surface area contributed by atoms with E-state index in [0.29, 0.717) is 19.5 Å². The third-order valence-corrected chi connectivity index (χ3v) is 3.93. The Bertz CT molecular complexity index is 313. The standard InChI is InChI=1S/C13H22N2O3/c16-12(10-14-6-2-1-3-7-14)15-8-4-5-11(9-15)13(17)18/h11H,1-10H2,(H,17,18). The molecule has 2 rings (SSSR count). The molecule has 0 aliphatic carbocycles. The summed E-state index contributed by atoms with van der Waals surface area (Å²) >= 11 is 0. The van der Waals surface area contributed by atoms with Crippen molar-refractivity contribution in [2.45, 2.75) is 32.1 Å². The van der Waals surface area contributed by atoms with E-state index in [4.69, 9.17) is 5.11 Å². The average Bonchev–Trinajstić information content (AvgIpc) is 2.40. The van der Waals surface area contributed by atoms with E-state index in [1.54, 1.807) is 4.90 Å². The molecule has 2 aliphatic rings. The average molecular weight is 254 g/mol. The SMILES string of the molecule is O=C(O)C1CCCN(C(=O)CN2CCCCC2)C1. The van der Waals surface area contributed by atoms with E-state index in [1.807, 2.05) is 0 Å². The number of hydrogen-bond acceptors (Lipinski definition) is 3. The van der Waals surface area contributed by atoms with Crippen LogP contribution in [0.5, 0.6) is 0 Å². The van der Waals surface area contributed by atoms with E-state index in [2.05, 4.69) is 4.90 Å². The fraction of sp³-hybridized carbons (Fsp3) is 0.846. The van der Waals surface area contributed by atoms with Gasteiger partial charge in [-0.1, -0.05) is 6.42 Å². The Kier molecular flexibility index (Phi) is 4.58. The first-order valence-electron chi connectivity index (χ1n) is 6.90. The van der Waals surface area contributed by atoms with Crippen molar-refractivity contribution in [2.24, 2.45) is 5.92 Å². The highest BCUT2D eigenvalue weighted by molar-refractivity contribution is 5.79.